The van der Waals surface area contributed by atoms with Gasteiger partial charge in [0.25, 0.3) is 0 Å². The number of nitrogens with one attached hydrogen (secondary N) is 3. The van der Waals surface area contributed by atoms with Crippen molar-refractivity contribution in [3.05, 3.63) is 27.8 Å². The third-order valence-electron chi connectivity index (χ3n) is 5.91. The largest absolute Gasteiger partial charge is 0.446 e. The maximum Gasteiger partial charge on any atom is 0.407 e. The topological polar surface area (TPSA) is 118 Å². The second-order valence-electron chi connectivity index (χ2n) is 8.41. The van der Waals surface area contributed by atoms with Crippen LogP contribution in [-0.4, -0.2) is 52.5 Å². The average molecular weight is 448 g/mol. The summed E-state index contributed by atoms with van der Waals surface area (Å²) in [4.78, 5) is 29.6. The van der Waals surface area contributed by atoms with Crippen LogP contribution in [0.15, 0.2) is 12.3 Å². The number of amides is 2. The number of hydrogen-bond acceptors (Lipinski definition) is 7. The standard InChI is InChI=1S/C21H29N5O4S/c1-12-11-29-6-5-17(12)23-21(28)30-15-4-3-14(7-15)18-9-19(26-25-18)24-20(27)8-16-10-22-13(2)31-16/h9-10,12,14-15,17H,3-8,11H2,1-2H3,(H,23,28)(H2,24,25,26,27)/t12-,14-,15+,17-/m1/s1. The molecule has 2 aromatic rings. The Labute approximate surface area is 185 Å². The van der Waals surface area contributed by atoms with Crippen molar-refractivity contribution in [2.45, 2.75) is 64.0 Å². The SMILES string of the molecule is Cc1ncc(CC(=O)Nc2cc([C@@H]3CC[C@H](OC(=O)N[C@@H]4CCOC[C@H]4C)C3)[nH]n2)s1. The maximum absolute atomic E-state index is 12.3. The van der Waals surface area contributed by atoms with Crippen LogP contribution in [0.2, 0.25) is 0 Å². The van der Waals surface area contributed by atoms with Crippen LogP contribution in [0.5, 0.6) is 0 Å². The van der Waals surface area contributed by atoms with E-state index in [1.54, 1.807) is 6.20 Å². The quantitative estimate of drug-likeness (QED) is 0.626. The zero-order valence-electron chi connectivity index (χ0n) is 17.8. The van der Waals surface area contributed by atoms with E-state index in [2.05, 4.69) is 32.7 Å². The van der Waals surface area contributed by atoms with Crippen molar-refractivity contribution >= 4 is 29.2 Å². The molecule has 2 fully saturated rings. The minimum atomic E-state index is -0.347. The highest BCUT2D eigenvalue weighted by atomic mass is 32.1. The normalized spacial score (nSPS) is 25.9. The highest BCUT2D eigenvalue weighted by Crippen LogP contribution is 2.36. The molecule has 0 radical (unpaired) electrons. The zero-order chi connectivity index (χ0) is 21.8. The van der Waals surface area contributed by atoms with Crippen molar-refractivity contribution in [2.24, 2.45) is 5.92 Å². The molecule has 9 nitrogen and oxygen atoms in total. The molecular weight excluding hydrogens is 418 g/mol. The molecule has 1 aliphatic carbocycles. The van der Waals surface area contributed by atoms with E-state index < -0.39 is 0 Å². The third-order valence-corrected chi connectivity index (χ3v) is 6.82. The molecule has 0 bridgehead atoms. The lowest BCUT2D eigenvalue weighted by Gasteiger charge is -2.29. The van der Waals surface area contributed by atoms with Crippen LogP contribution in [0.3, 0.4) is 0 Å². The van der Waals surface area contributed by atoms with Crippen LogP contribution in [0.1, 0.15) is 54.1 Å². The van der Waals surface area contributed by atoms with E-state index in [-0.39, 0.29) is 42.4 Å². The van der Waals surface area contributed by atoms with Gasteiger partial charge in [-0.25, -0.2) is 9.78 Å². The number of aromatic nitrogens is 3. The molecule has 2 amide bonds. The number of anilines is 1. The number of ether oxygens (including phenoxy) is 2. The number of aromatic amines is 1. The van der Waals surface area contributed by atoms with E-state index in [4.69, 9.17) is 9.47 Å². The van der Waals surface area contributed by atoms with Gasteiger partial charge in [-0.1, -0.05) is 6.92 Å². The summed E-state index contributed by atoms with van der Waals surface area (Å²) < 4.78 is 11.1. The predicted octanol–water partition coefficient (Wildman–Crippen LogP) is 3.14. The highest BCUT2D eigenvalue weighted by Gasteiger charge is 2.31. The highest BCUT2D eigenvalue weighted by molar-refractivity contribution is 7.11. The summed E-state index contributed by atoms with van der Waals surface area (Å²) in [7, 11) is 0. The summed E-state index contributed by atoms with van der Waals surface area (Å²) in [5.74, 6) is 0.906. The van der Waals surface area contributed by atoms with E-state index in [1.807, 2.05) is 13.0 Å². The van der Waals surface area contributed by atoms with Crippen LogP contribution < -0.4 is 10.6 Å². The second-order valence-corrected chi connectivity index (χ2v) is 9.73. The number of nitrogens with zero attached hydrogens (tertiary/aromatic N) is 2. The number of rotatable bonds is 6. The number of aryl methyl sites for hydroxylation is 1. The number of carbonyl (C=O) groups excluding carboxylic acids is 2. The fourth-order valence-electron chi connectivity index (χ4n) is 4.20. The molecule has 2 aliphatic rings. The van der Waals surface area contributed by atoms with Crippen LogP contribution in [0.25, 0.3) is 0 Å². The number of alkyl carbamates (subject to hydrolysis) is 1. The summed E-state index contributed by atoms with van der Waals surface area (Å²) in [5.41, 5.74) is 0.952. The van der Waals surface area contributed by atoms with E-state index in [0.717, 1.165) is 41.3 Å². The molecule has 2 aromatic heterocycles. The third kappa shape index (κ3) is 5.82. The first-order valence-corrected chi connectivity index (χ1v) is 11.6. The van der Waals surface area contributed by atoms with Gasteiger partial charge in [-0.05, 0) is 38.5 Å². The van der Waals surface area contributed by atoms with Crippen molar-refractivity contribution in [3.8, 4) is 0 Å². The van der Waals surface area contributed by atoms with Crippen molar-refractivity contribution < 1.29 is 19.1 Å². The predicted molar refractivity (Wildman–Crippen MR) is 116 cm³/mol. The fraction of sp³-hybridized carbons (Fsp3) is 0.619. The van der Waals surface area contributed by atoms with Crippen LogP contribution in [0, 0.1) is 12.8 Å². The minimum absolute atomic E-state index is 0.103. The lowest BCUT2D eigenvalue weighted by Crippen LogP contribution is -2.45. The number of thiazole rings is 1. The van der Waals surface area contributed by atoms with Crippen molar-refractivity contribution in [2.75, 3.05) is 18.5 Å². The van der Waals surface area contributed by atoms with Gasteiger partial charge in [0.15, 0.2) is 5.82 Å². The van der Waals surface area contributed by atoms with E-state index >= 15 is 0 Å². The Morgan fingerprint density at radius 1 is 1.35 bits per heavy atom. The first kappa shape index (κ1) is 21.8. The molecule has 0 aromatic carbocycles. The van der Waals surface area contributed by atoms with Gasteiger partial charge in [-0.2, -0.15) is 5.10 Å². The average Bonchev–Trinajstić information content (AvgIpc) is 3.45. The van der Waals surface area contributed by atoms with Crippen LogP contribution in [0.4, 0.5) is 10.6 Å². The van der Waals surface area contributed by atoms with E-state index in [9.17, 15) is 9.59 Å². The summed E-state index contributed by atoms with van der Waals surface area (Å²) in [6.45, 7) is 5.32. The first-order chi connectivity index (χ1) is 15.0. The Balaban J connectivity index is 1.23. The van der Waals surface area contributed by atoms with Crippen molar-refractivity contribution in [3.63, 3.8) is 0 Å². The second kappa shape index (κ2) is 9.78. The maximum atomic E-state index is 12.3. The Bertz CT molecular complexity index is 913. The van der Waals surface area contributed by atoms with Crippen LogP contribution in [-0.2, 0) is 20.7 Å². The summed E-state index contributed by atoms with van der Waals surface area (Å²) in [6, 6.07) is 1.97. The van der Waals surface area contributed by atoms with Gasteiger partial charge in [-0.3, -0.25) is 9.89 Å². The zero-order valence-corrected chi connectivity index (χ0v) is 18.7. The smallest absolute Gasteiger partial charge is 0.407 e. The molecule has 1 saturated carbocycles. The Morgan fingerprint density at radius 3 is 3.00 bits per heavy atom. The molecular formula is C21H29N5O4S. The first-order valence-electron chi connectivity index (χ1n) is 10.8. The molecule has 0 unspecified atom stereocenters. The lowest BCUT2D eigenvalue weighted by molar-refractivity contribution is -0.115. The minimum Gasteiger partial charge on any atom is -0.446 e. The number of H-pyrrole nitrogens is 1. The van der Waals surface area contributed by atoms with Gasteiger partial charge >= 0.3 is 6.09 Å². The van der Waals surface area contributed by atoms with Gasteiger partial charge in [-0.15, -0.1) is 11.3 Å². The number of carbonyl (C=O) groups is 2. The summed E-state index contributed by atoms with van der Waals surface area (Å²) in [5, 5.41) is 14.0. The Kier molecular flexibility index (Phi) is 6.86. The lowest BCUT2D eigenvalue weighted by atomic mass is 9.98. The van der Waals surface area contributed by atoms with Crippen LogP contribution >= 0.6 is 11.3 Å². The van der Waals surface area contributed by atoms with Gasteiger partial charge in [0.2, 0.25) is 5.91 Å². The van der Waals surface area contributed by atoms with E-state index in [1.165, 1.54) is 11.3 Å². The Morgan fingerprint density at radius 2 is 2.23 bits per heavy atom. The molecule has 4 atom stereocenters. The molecule has 10 heteroatoms. The molecule has 31 heavy (non-hydrogen) atoms. The number of hydrogen-bond donors (Lipinski definition) is 3. The molecule has 3 N–H and O–H groups in total. The Hall–Kier alpha value is -2.46. The summed E-state index contributed by atoms with van der Waals surface area (Å²) >= 11 is 1.52. The molecule has 1 saturated heterocycles. The molecule has 4 rings (SSSR count). The van der Waals surface area contributed by atoms with Crippen molar-refractivity contribution in [1.29, 1.82) is 0 Å². The van der Waals surface area contributed by atoms with Gasteiger partial charge < -0.3 is 20.1 Å². The summed E-state index contributed by atoms with van der Waals surface area (Å²) in [6.07, 6.45) is 4.83. The van der Waals surface area contributed by atoms with Gasteiger partial charge in [0.05, 0.1) is 18.0 Å². The van der Waals surface area contributed by atoms with Gasteiger partial charge in [0, 0.05) is 41.4 Å². The molecule has 3 heterocycles. The van der Waals surface area contributed by atoms with Gasteiger partial charge in [0.1, 0.15) is 6.10 Å². The fourth-order valence-corrected chi connectivity index (χ4v) is 5.00. The molecule has 1 aliphatic heterocycles. The molecule has 168 valence electrons. The van der Waals surface area contributed by atoms with Crippen molar-refractivity contribution in [1.82, 2.24) is 20.5 Å². The van der Waals surface area contributed by atoms with E-state index in [0.29, 0.717) is 19.0 Å². The molecule has 0 spiro atoms. The monoisotopic (exact) mass is 447 g/mol.